The highest BCUT2D eigenvalue weighted by molar-refractivity contribution is 14.2. The Hall–Kier alpha value is 1.75. The monoisotopic (exact) mass is 304 g/mol. The van der Waals surface area contributed by atoms with Crippen LogP contribution in [0.4, 0.5) is 0 Å². The van der Waals surface area contributed by atoms with Crippen LogP contribution in [-0.4, -0.2) is 2.43 Å². The number of hydrogen-bond acceptors (Lipinski definition) is 0. The van der Waals surface area contributed by atoms with Crippen LogP contribution < -0.4 is 0 Å². The molecule has 0 aliphatic carbocycles. The first-order valence-electron chi connectivity index (χ1n) is 0.535. The van der Waals surface area contributed by atoms with Gasteiger partial charge >= 0.3 is 0 Å². The molecule has 0 aromatic heterocycles. The third-order valence-electron chi connectivity index (χ3n) is 0. The van der Waals surface area contributed by atoms with E-state index in [1.54, 1.807) is 0 Å². The normalized spacial score (nSPS) is 4.50. The van der Waals surface area contributed by atoms with E-state index in [1.165, 1.54) is 2.43 Å². The second-order valence-electron chi connectivity index (χ2n) is 0.101. The van der Waals surface area contributed by atoms with Crippen LogP contribution in [0.25, 0.3) is 0 Å². The summed E-state index contributed by atoms with van der Waals surface area (Å²) in [6.45, 7) is 0. The number of alkyl halides is 2. The summed E-state index contributed by atoms with van der Waals surface area (Å²) in [5, 5.41) is 0. The van der Waals surface area contributed by atoms with Gasteiger partial charge in [0.2, 0.25) is 0 Å². The number of halogens is 3. The fourth-order valence-corrected chi connectivity index (χ4v) is 0. The van der Waals surface area contributed by atoms with E-state index in [0.29, 0.717) is 0 Å². The zero-order valence-corrected chi connectivity index (χ0v) is 7.00. The van der Waals surface area contributed by atoms with E-state index in [0.717, 1.165) is 0 Å². The second-order valence-corrected chi connectivity index (χ2v) is 4.55. The fourth-order valence-electron chi connectivity index (χ4n) is 0. The highest BCUT2D eigenvalue weighted by atomic mass is 127. The molecule has 0 aromatic rings. The molecule has 4 heavy (non-hydrogen) atoms. The molecule has 0 unspecified atom stereocenters. The van der Waals surface area contributed by atoms with E-state index in [9.17, 15) is 0 Å². The second kappa shape index (κ2) is 8.83. The van der Waals surface area contributed by atoms with E-state index in [4.69, 9.17) is 0 Å². The Morgan fingerprint density at radius 3 is 1.25 bits per heavy atom. The van der Waals surface area contributed by atoms with Gasteiger partial charge in [0.15, 0.2) is 0 Å². The van der Waals surface area contributed by atoms with E-state index < -0.39 is 0 Å². The van der Waals surface area contributed by atoms with Crippen molar-refractivity contribution in [2.75, 3.05) is 2.43 Å². The number of rotatable bonds is 0. The Morgan fingerprint density at radius 1 is 1.25 bits per heavy atom. The molecule has 0 radical (unpaired) electrons. The highest BCUT2D eigenvalue weighted by Gasteiger charge is 1.40. The summed E-state index contributed by atoms with van der Waals surface area (Å²) in [6, 6.07) is 0. The minimum Gasteiger partial charge on any atom is -0.147 e. The van der Waals surface area contributed by atoms with Gasteiger partial charge in [0.05, 0.1) is 2.43 Å². The lowest BCUT2D eigenvalue weighted by Crippen LogP contribution is -1.17. The molecule has 0 spiro atoms. The Kier molecular flexibility index (Phi) is 20.4. The molecule has 0 aliphatic rings. The van der Waals surface area contributed by atoms with Crippen molar-refractivity contribution in [1.82, 2.24) is 0 Å². The van der Waals surface area contributed by atoms with Crippen molar-refractivity contribution in [2.45, 2.75) is 0 Å². The van der Waals surface area contributed by atoms with Gasteiger partial charge < -0.3 is 0 Å². The first kappa shape index (κ1) is 9.23. The van der Waals surface area contributed by atoms with E-state index in [-0.39, 0.29) is 12.4 Å². The highest BCUT2D eigenvalue weighted by Crippen LogP contribution is 1.86. The maximum absolute atomic E-state index is 2.28. The maximum atomic E-state index is 2.28. The molecule has 0 rings (SSSR count). The molecular weight excluding hydrogens is 301 g/mol. The Morgan fingerprint density at radius 2 is 1.25 bits per heavy atom. The lowest BCUT2D eigenvalue weighted by molar-refractivity contribution is 2.58. The van der Waals surface area contributed by atoms with Gasteiger partial charge in [-0.05, 0) is 0 Å². The van der Waals surface area contributed by atoms with Crippen LogP contribution >= 0.6 is 57.6 Å². The summed E-state index contributed by atoms with van der Waals surface area (Å²) >= 11 is 4.55. The predicted octanol–water partition coefficient (Wildman–Crippen LogP) is 2.24. The van der Waals surface area contributed by atoms with E-state index in [1.807, 2.05) is 0 Å². The van der Waals surface area contributed by atoms with Gasteiger partial charge in [-0.1, -0.05) is 45.2 Å². The number of hydrogen-bond donors (Lipinski definition) is 0. The van der Waals surface area contributed by atoms with Crippen molar-refractivity contribution in [2.24, 2.45) is 0 Å². The minimum atomic E-state index is 0. The van der Waals surface area contributed by atoms with Gasteiger partial charge in [0.1, 0.15) is 0 Å². The lowest BCUT2D eigenvalue weighted by atomic mass is 12.0. The maximum Gasteiger partial charge on any atom is 0.0516 e. The summed E-state index contributed by atoms with van der Waals surface area (Å²) in [6.07, 6.45) is 0. The van der Waals surface area contributed by atoms with Crippen LogP contribution in [0.5, 0.6) is 0 Å². The molecule has 0 nitrogen and oxygen atoms in total. The van der Waals surface area contributed by atoms with E-state index >= 15 is 0 Å². The summed E-state index contributed by atoms with van der Waals surface area (Å²) in [5.41, 5.74) is 0. The largest absolute Gasteiger partial charge is 0.147 e. The van der Waals surface area contributed by atoms with Crippen LogP contribution in [0.3, 0.4) is 0 Å². The third kappa shape index (κ3) is 9.26. The zero-order chi connectivity index (χ0) is 2.71. The average molecular weight is 304 g/mol. The summed E-state index contributed by atoms with van der Waals surface area (Å²) in [5.74, 6) is 0. The van der Waals surface area contributed by atoms with Gasteiger partial charge in [-0.15, -0.1) is 12.4 Å². The molecule has 0 amide bonds. The topological polar surface area (TPSA) is 0 Å². The standard InChI is InChI=1S/CH2I2.ClH/c2-1-3;/h1H2;1H. The fraction of sp³-hybridized carbons (Fsp3) is 1.00. The zero-order valence-electron chi connectivity index (χ0n) is 1.87. The summed E-state index contributed by atoms with van der Waals surface area (Å²) in [7, 11) is 0. The van der Waals surface area contributed by atoms with Crippen molar-refractivity contribution in [1.29, 1.82) is 0 Å². The predicted molar refractivity (Wildman–Crippen MR) is 40.2 cm³/mol. The van der Waals surface area contributed by atoms with Gasteiger partial charge in [0.25, 0.3) is 0 Å². The summed E-state index contributed by atoms with van der Waals surface area (Å²) < 4.78 is 1.19. The SMILES string of the molecule is Cl.ICI. The molecule has 0 fully saturated rings. The van der Waals surface area contributed by atoms with Crippen LogP contribution in [0, 0.1) is 0 Å². The van der Waals surface area contributed by atoms with Gasteiger partial charge in [0, 0.05) is 0 Å². The van der Waals surface area contributed by atoms with Crippen molar-refractivity contribution in [3.05, 3.63) is 0 Å². The lowest BCUT2D eigenvalue weighted by Gasteiger charge is -1.43. The molecule has 0 aromatic carbocycles. The van der Waals surface area contributed by atoms with Crippen molar-refractivity contribution < 1.29 is 0 Å². The third-order valence-corrected chi connectivity index (χ3v) is 0. The molecular formula is CH3ClI2. The molecule has 0 N–H and O–H groups in total. The molecule has 0 atom stereocenters. The molecule has 0 aliphatic heterocycles. The smallest absolute Gasteiger partial charge is 0.0516 e. The molecule has 0 saturated heterocycles. The van der Waals surface area contributed by atoms with Crippen LogP contribution in [0.2, 0.25) is 0 Å². The quantitative estimate of drug-likeness (QED) is 0.476. The van der Waals surface area contributed by atoms with Gasteiger partial charge in [-0.25, -0.2) is 0 Å². The summed E-state index contributed by atoms with van der Waals surface area (Å²) in [4.78, 5) is 0. The van der Waals surface area contributed by atoms with Crippen molar-refractivity contribution in [3.8, 4) is 0 Å². The van der Waals surface area contributed by atoms with Crippen LogP contribution in [0.1, 0.15) is 0 Å². The first-order chi connectivity index (χ1) is 1.41. The average Bonchev–Trinajstić information content (AvgIpc) is 0.918. The molecule has 3 heteroatoms. The van der Waals surface area contributed by atoms with Crippen LogP contribution in [0.15, 0.2) is 0 Å². The molecule has 0 bridgehead atoms. The van der Waals surface area contributed by atoms with Crippen LogP contribution in [-0.2, 0) is 0 Å². The molecule has 28 valence electrons. The van der Waals surface area contributed by atoms with Gasteiger partial charge in [-0.3, -0.25) is 0 Å². The molecule has 0 heterocycles. The van der Waals surface area contributed by atoms with Gasteiger partial charge in [-0.2, -0.15) is 0 Å². The Bertz CT molecular complexity index is 6.00. The first-order valence-corrected chi connectivity index (χ1v) is 3.59. The Balaban J connectivity index is 0. The van der Waals surface area contributed by atoms with Crippen molar-refractivity contribution in [3.63, 3.8) is 0 Å². The molecule has 0 saturated carbocycles. The van der Waals surface area contributed by atoms with E-state index in [2.05, 4.69) is 45.2 Å². The van der Waals surface area contributed by atoms with Crippen molar-refractivity contribution >= 4 is 57.6 Å². The Labute approximate surface area is 59.4 Å². The minimum absolute atomic E-state index is 0.